The van der Waals surface area contributed by atoms with E-state index in [0.29, 0.717) is 11.8 Å². The summed E-state index contributed by atoms with van der Waals surface area (Å²) in [5.74, 6) is 0.312. The number of hydrogen-bond donors (Lipinski definition) is 0. The normalized spacial score (nSPS) is 39.8. The fourth-order valence-electron chi connectivity index (χ4n) is 4.36. The van der Waals surface area contributed by atoms with Crippen LogP contribution in [0.3, 0.4) is 0 Å². The van der Waals surface area contributed by atoms with E-state index in [4.69, 9.17) is 9.47 Å². The van der Waals surface area contributed by atoms with Crippen molar-refractivity contribution >= 4 is 11.9 Å². The largest absolute Gasteiger partial charge is 0.460 e. The fraction of sp³-hybridized carbons (Fsp3) is 0.750. The molecule has 0 radical (unpaired) electrons. The molecule has 0 aromatic carbocycles. The molecule has 2 saturated carbocycles. The highest BCUT2D eigenvalue weighted by Crippen LogP contribution is 2.50. The molecule has 0 spiro atoms. The molecule has 2 aliphatic carbocycles. The molecule has 0 aromatic heterocycles. The molecule has 20 heavy (non-hydrogen) atoms. The molecule has 2 atom stereocenters. The highest BCUT2D eigenvalue weighted by molar-refractivity contribution is 5.81. The average Bonchev–Trinajstić information content (AvgIpc) is 2.23. The minimum atomic E-state index is -0.406. The lowest BCUT2D eigenvalue weighted by atomic mass is 9.62. The van der Waals surface area contributed by atoms with E-state index in [2.05, 4.69) is 6.58 Å². The number of fused-ring (bicyclic) bond motifs is 2. The number of ether oxygens (including phenoxy) is 2. The standard InChI is InChI=1S/C16H24O4/c1-5-14(18)20-16(4)9-12-6-13(10-16)8-15(3,7-12)19-11(2)17/h5,12-13H,1,6-10H2,2-4H3. The van der Waals surface area contributed by atoms with Crippen LogP contribution in [0.5, 0.6) is 0 Å². The molecule has 2 rings (SSSR count). The maximum atomic E-state index is 11.5. The number of carbonyl (C=O) groups is 2. The number of esters is 2. The third kappa shape index (κ3) is 3.41. The molecule has 112 valence electrons. The summed E-state index contributed by atoms with van der Waals surface area (Å²) in [6, 6.07) is 0. The molecular formula is C16H24O4. The predicted molar refractivity (Wildman–Crippen MR) is 74.9 cm³/mol. The van der Waals surface area contributed by atoms with Gasteiger partial charge in [0.05, 0.1) is 0 Å². The third-order valence-corrected chi connectivity index (χ3v) is 4.45. The van der Waals surface area contributed by atoms with Gasteiger partial charge in [-0.2, -0.15) is 0 Å². The first-order chi connectivity index (χ1) is 9.23. The van der Waals surface area contributed by atoms with Gasteiger partial charge in [-0.3, -0.25) is 4.79 Å². The molecular weight excluding hydrogens is 256 g/mol. The summed E-state index contributed by atoms with van der Waals surface area (Å²) in [7, 11) is 0. The Kier molecular flexibility index (Phi) is 3.94. The molecule has 4 nitrogen and oxygen atoms in total. The highest BCUT2D eigenvalue weighted by Gasteiger charge is 2.48. The quantitative estimate of drug-likeness (QED) is 0.589. The van der Waals surface area contributed by atoms with Crippen LogP contribution in [0.2, 0.25) is 0 Å². The molecule has 0 aromatic rings. The highest BCUT2D eigenvalue weighted by atomic mass is 16.6. The van der Waals surface area contributed by atoms with Crippen molar-refractivity contribution in [1.82, 2.24) is 0 Å². The summed E-state index contributed by atoms with van der Waals surface area (Å²) in [5, 5.41) is 0. The maximum absolute atomic E-state index is 11.5. The zero-order valence-corrected chi connectivity index (χ0v) is 12.6. The molecule has 2 unspecified atom stereocenters. The predicted octanol–water partition coefficient (Wildman–Crippen LogP) is 3.01. The zero-order chi connectivity index (χ0) is 15.0. The van der Waals surface area contributed by atoms with Crippen LogP contribution in [0.4, 0.5) is 0 Å². The van der Waals surface area contributed by atoms with Gasteiger partial charge in [0.15, 0.2) is 0 Å². The molecule has 2 fully saturated rings. The summed E-state index contributed by atoms with van der Waals surface area (Å²) in [6.45, 7) is 8.94. The lowest BCUT2D eigenvalue weighted by Gasteiger charge is -2.50. The molecule has 2 bridgehead atoms. The van der Waals surface area contributed by atoms with Crippen molar-refractivity contribution < 1.29 is 19.1 Å². The Morgan fingerprint density at radius 3 is 1.90 bits per heavy atom. The minimum absolute atomic E-state index is 0.215. The summed E-state index contributed by atoms with van der Waals surface area (Å²) >= 11 is 0. The van der Waals surface area contributed by atoms with Crippen LogP contribution in [0, 0.1) is 11.8 Å². The lowest BCUT2D eigenvalue weighted by molar-refractivity contribution is -0.175. The van der Waals surface area contributed by atoms with Crippen LogP contribution in [0.15, 0.2) is 12.7 Å². The first-order valence-corrected chi connectivity index (χ1v) is 7.29. The van der Waals surface area contributed by atoms with Crippen LogP contribution in [0.1, 0.15) is 52.9 Å². The molecule has 2 aliphatic rings. The molecule has 0 aliphatic heterocycles. The first kappa shape index (κ1) is 15.1. The molecule has 4 heteroatoms. The van der Waals surface area contributed by atoms with E-state index in [-0.39, 0.29) is 17.5 Å². The van der Waals surface area contributed by atoms with Crippen molar-refractivity contribution in [1.29, 1.82) is 0 Å². The molecule has 0 saturated heterocycles. The van der Waals surface area contributed by atoms with Crippen LogP contribution in [-0.2, 0) is 19.1 Å². The van der Waals surface area contributed by atoms with Crippen molar-refractivity contribution in [2.75, 3.05) is 0 Å². The van der Waals surface area contributed by atoms with Crippen LogP contribution < -0.4 is 0 Å². The smallest absolute Gasteiger partial charge is 0.330 e. The van der Waals surface area contributed by atoms with E-state index in [9.17, 15) is 9.59 Å². The first-order valence-electron chi connectivity index (χ1n) is 7.29. The number of carbonyl (C=O) groups excluding carboxylic acids is 2. The molecule has 0 amide bonds. The Labute approximate surface area is 120 Å². The second kappa shape index (κ2) is 5.23. The van der Waals surface area contributed by atoms with Gasteiger partial charge < -0.3 is 9.47 Å². The Morgan fingerprint density at radius 1 is 1.05 bits per heavy atom. The average molecular weight is 280 g/mol. The monoisotopic (exact) mass is 280 g/mol. The van der Waals surface area contributed by atoms with Gasteiger partial charge in [0.1, 0.15) is 11.2 Å². The van der Waals surface area contributed by atoms with Gasteiger partial charge in [-0.25, -0.2) is 4.79 Å². The van der Waals surface area contributed by atoms with E-state index < -0.39 is 5.60 Å². The topological polar surface area (TPSA) is 52.6 Å². The van der Waals surface area contributed by atoms with Crippen molar-refractivity contribution in [3.05, 3.63) is 12.7 Å². The van der Waals surface area contributed by atoms with Gasteiger partial charge in [0, 0.05) is 13.0 Å². The van der Waals surface area contributed by atoms with Gasteiger partial charge in [-0.05, 0) is 57.8 Å². The summed E-state index contributed by atoms with van der Waals surface area (Å²) in [6.07, 6.45) is 5.73. The number of hydrogen-bond acceptors (Lipinski definition) is 4. The van der Waals surface area contributed by atoms with Crippen LogP contribution in [-0.4, -0.2) is 23.1 Å². The van der Waals surface area contributed by atoms with E-state index in [0.717, 1.165) is 32.1 Å². The fourth-order valence-corrected chi connectivity index (χ4v) is 4.36. The van der Waals surface area contributed by atoms with Crippen LogP contribution in [0.25, 0.3) is 0 Å². The van der Waals surface area contributed by atoms with Crippen LogP contribution >= 0.6 is 0 Å². The van der Waals surface area contributed by atoms with Crippen molar-refractivity contribution in [2.45, 2.75) is 64.1 Å². The van der Waals surface area contributed by atoms with E-state index in [1.807, 2.05) is 13.8 Å². The lowest BCUT2D eigenvalue weighted by Crippen LogP contribution is -2.49. The maximum Gasteiger partial charge on any atom is 0.330 e. The Balaban J connectivity index is 2.06. The molecule has 0 N–H and O–H groups in total. The summed E-state index contributed by atoms with van der Waals surface area (Å²) in [5.41, 5.74) is -0.764. The summed E-state index contributed by atoms with van der Waals surface area (Å²) in [4.78, 5) is 22.7. The van der Waals surface area contributed by atoms with E-state index in [1.54, 1.807) is 0 Å². The van der Waals surface area contributed by atoms with Gasteiger partial charge in [-0.15, -0.1) is 0 Å². The third-order valence-electron chi connectivity index (χ3n) is 4.45. The minimum Gasteiger partial charge on any atom is -0.460 e. The Morgan fingerprint density at radius 2 is 1.50 bits per heavy atom. The van der Waals surface area contributed by atoms with Gasteiger partial charge in [0.25, 0.3) is 0 Å². The SMILES string of the molecule is C=CC(=O)OC1(C)CC2CC(CC(C)(OC(C)=O)C2)C1. The van der Waals surface area contributed by atoms with Crippen molar-refractivity contribution in [3.8, 4) is 0 Å². The van der Waals surface area contributed by atoms with Gasteiger partial charge in [0.2, 0.25) is 0 Å². The second-order valence-corrected chi connectivity index (χ2v) is 6.90. The van der Waals surface area contributed by atoms with E-state index in [1.165, 1.54) is 13.0 Å². The van der Waals surface area contributed by atoms with Crippen molar-refractivity contribution in [2.24, 2.45) is 11.8 Å². The number of rotatable bonds is 3. The van der Waals surface area contributed by atoms with E-state index >= 15 is 0 Å². The zero-order valence-electron chi connectivity index (χ0n) is 12.6. The molecule has 0 heterocycles. The second-order valence-electron chi connectivity index (χ2n) is 6.90. The Bertz CT molecular complexity index is 412. The summed E-state index contributed by atoms with van der Waals surface area (Å²) < 4.78 is 11.1. The van der Waals surface area contributed by atoms with Gasteiger partial charge >= 0.3 is 11.9 Å². The van der Waals surface area contributed by atoms with Crippen molar-refractivity contribution in [3.63, 3.8) is 0 Å². The van der Waals surface area contributed by atoms with Gasteiger partial charge in [-0.1, -0.05) is 6.58 Å². The Hall–Kier alpha value is -1.32.